The Morgan fingerprint density at radius 2 is 2.08 bits per heavy atom. The van der Waals surface area contributed by atoms with Crippen LogP contribution in [0.5, 0.6) is 0 Å². The van der Waals surface area contributed by atoms with Gasteiger partial charge in [0.15, 0.2) is 0 Å². The highest BCUT2D eigenvalue weighted by Gasteiger charge is 2.33. The lowest BCUT2D eigenvalue weighted by Crippen LogP contribution is -2.37. The zero-order valence-electron chi connectivity index (χ0n) is 13.2. The maximum atomic E-state index is 12.9. The van der Waals surface area contributed by atoms with Gasteiger partial charge in [0.2, 0.25) is 0 Å². The van der Waals surface area contributed by atoms with Crippen LogP contribution in [0.3, 0.4) is 0 Å². The highest BCUT2D eigenvalue weighted by Crippen LogP contribution is 2.31. The molecule has 1 N–H and O–H groups in total. The van der Waals surface area contributed by atoms with E-state index < -0.39 is 29.3 Å². The summed E-state index contributed by atoms with van der Waals surface area (Å²) in [5, 5.41) is 12.9. The second-order valence-corrected chi connectivity index (χ2v) is 6.18. The number of aromatic nitrogens is 2. The van der Waals surface area contributed by atoms with Crippen molar-refractivity contribution < 1.29 is 23.1 Å². The number of carboxylic acid groups (broad SMARTS) is 1. The zero-order valence-corrected chi connectivity index (χ0v) is 14.0. The normalized spacial score (nSPS) is 17.5. The number of nitrogens with zero attached hydrogens (tertiary/aromatic N) is 3. The average Bonchev–Trinajstić information content (AvgIpc) is 3.06. The largest absolute Gasteiger partial charge is 0.480 e. The zero-order chi connectivity index (χ0) is 19.1. The molecule has 138 valence electrons. The summed E-state index contributed by atoms with van der Waals surface area (Å²) < 4.78 is 39.3. The van der Waals surface area contributed by atoms with Crippen molar-refractivity contribution in [2.45, 2.75) is 25.1 Å². The molecular formula is C16H13ClF3N3O3. The van der Waals surface area contributed by atoms with Crippen LogP contribution in [0.25, 0.3) is 5.69 Å². The Labute approximate surface area is 150 Å². The van der Waals surface area contributed by atoms with Crippen LogP contribution >= 0.6 is 11.6 Å². The van der Waals surface area contributed by atoms with Gasteiger partial charge in [0.05, 0.1) is 23.1 Å². The molecule has 2 heterocycles. The SMILES string of the molecule is O=C(O)[C@H]1CCCN1c1cnn(-c2cccc(C(F)(F)F)c2)c(=O)c1Cl. The molecule has 6 nitrogen and oxygen atoms in total. The Morgan fingerprint density at radius 1 is 1.35 bits per heavy atom. The third kappa shape index (κ3) is 3.26. The van der Waals surface area contributed by atoms with Crippen molar-refractivity contribution in [3.05, 3.63) is 51.4 Å². The molecule has 1 saturated heterocycles. The average molecular weight is 388 g/mol. The standard InChI is InChI=1S/C16H13ClF3N3O3/c17-13-12(22-6-2-5-11(22)15(25)26)8-21-23(14(13)24)10-4-1-3-9(7-10)16(18,19)20/h1,3-4,7-8,11H,2,5-6H2,(H,25,26)/t11-/m1/s1. The Hall–Kier alpha value is -2.55. The summed E-state index contributed by atoms with van der Waals surface area (Å²) in [5.41, 5.74) is -1.67. The van der Waals surface area contributed by atoms with Crippen LogP contribution in [-0.2, 0) is 11.0 Å². The molecule has 1 fully saturated rings. The summed E-state index contributed by atoms with van der Waals surface area (Å²) >= 11 is 6.10. The van der Waals surface area contributed by atoms with E-state index >= 15 is 0 Å². The monoisotopic (exact) mass is 387 g/mol. The number of hydrogen-bond acceptors (Lipinski definition) is 4. The maximum Gasteiger partial charge on any atom is 0.416 e. The van der Waals surface area contributed by atoms with Crippen molar-refractivity contribution in [3.63, 3.8) is 0 Å². The van der Waals surface area contributed by atoms with Gasteiger partial charge in [-0.05, 0) is 31.0 Å². The van der Waals surface area contributed by atoms with E-state index in [0.717, 1.165) is 22.9 Å². The van der Waals surface area contributed by atoms with E-state index in [1.165, 1.54) is 17.2 Å². The third-order valence-corrected chi connectivity index (χ3v) is 4.52. The first-order valence-corrected chi connectivity index (χ1v) is 8.03. The van der Waals surface area contributed by atoms with Gasteiger partial charge in [-0.3, -0.25) is 4.79 Å². The molecule has 10 heteroatoms. The minimum Gasteiger partial charge on any atom is -0.480 e. The summed E-state index contributed by atoms with van der Waals surface area (Å²) in [7, 11) is 0. The van der Waals surface area contributed by atoms with Gasteiger partial charge in [-0.2, -0.15) is 23.0 Å². The van der Waals surface area contributed by atoms with Crippen LogP contribution in [0.4, 0.5) is 18.9 Å². The first-order valence-electron chi connectivity index (χ1n) is 7.65. The third-order valence-electron chi connectivity index (χ3n) is 4.17. The van der Waals surface area contributed by atoms with Crippen molar-refractivity contribution in [2.24, 2.45) is 0 Å². The molecule has 1 aliphatic heterocycles. The molecule has 1 aromatic carbocycles. The minimum atomic E-state index is -4.56. The Kier molecular flexibility index (Phi) is 4.66. The molecule has 1 atom stereocenters. The fraction of sp³-hybridized carbons (Fsp3) is 0.312. The van der Waals surface area contributed by atoms with E-state index in [9.17, 15) is 27.9 Å². The molecule has 2 aromatic rings. The number of halogens is 4. The molecule has 1 aliphatic rings. The molecule has 1 aromatic heterocycles. The van der Waals surface area contributed by atoms with Gasteiger partial charge in [-0.25, -0.2) is 4.79 Å². The van der Waals surface area contributed by atoms with Crippen molar-refractivity contribution in [1.82, 2.24) is 9.78 Å². The van der Waals surface area contributed by atoms with Crippen LogP contribution in [-0.4, -0.2) is 33.4 Å². The molecule has 0 saturated carbocycles. The second kappa shape index (κ2) is 6.64. The van der Waals surface area contributed by atoms with E-state index in [-0.39, 0.29) is 16.4 Å². The van der Waals surface area contributed by atoms with Crippen molar-refractivity contribution in [1.29, 1.82) is 0 Å². The van der Waals surface area contributed by atoms with E-state index in [1.807, 2.05) is 0 Å². The van der Waals surface area contributed by atoms with Gasteiger partial charge < -0.3 is 10.0 Å². The van der Waals surface area contributed by atoms with Crippen LogP contribution in [0.1, 0.15) is 18.4 Å². The number of carbonyl (C=O) groups is 1. The number of carboxylic acids is 1. The topological polar surface area (TPSA) is 75.4 Å². The molecule has 26 heavy (non-hydrogen) atoms. The number of benzene rings is 1. The van der Waals surface area contributed by atoms with Crippen LogP contribution < -0.4 is 10.5 Å². The highest BCUT2D eigenvalue weighted by molar-refractivity contribution is 6.33. The number of hydrogen-bond donors (Lipinski definition) is 1. The van der Waals surface area contributed by atoms with Crippen molar-refractivity contribution >= 4 is 23.3 Å². The highest BCUT2D eigenvalue weighted by atomic mass is 35.5. The van der Waals surface area contributed by atoms with Gasteiger partial charge in [-0.15, -0.1) is 0 Å². The van der Waals surface area contributed by atoms with Gasteiger partial charge in [0.1, 0.15) is 11.1 Å². The summed E-state index contributed by atoms with van der Waals surface area (Å²) in [5.74, 6) is -1.04. The van der Waals surface area contributed by atoms with Crippen molar-refractivity contribution in [3.8, 4) is 5.69 Å². The Morgan fingerprint density at radius 3 is 2.73 bits per heavy atom. The molecule has 0 spiro atoms. The predicted molar refractivity (Wildman–Crippen MR) is 87.8 cm³/mol. The fourth-order valence-corrected chi connectivity index (χ4v) is 3.17. The lowest BCUT2D eigenvalue weighted by Gasteiger charge is -2.24. The second-order valence-electron chi connectivity index (χ2n) is 5.80. The molecule has 0 aliphatic carbocycles. The Bertz CT molecular complexity index is 914. The molecule has 0 unspecified atom stereocenters. The van der Waals surface area contributed by atoms with Gasteiger partial charge in [0, 0.05) is 6.54 Å². The first-order chi connectivity index (χ1) is 12.2. The van der Waals surface area contributed by atoms with E-state index in [0.29, 0.717) is 19.4 Å². The molecule has 0 amide bonds. The first kappa shape index (κ1) is 18.2. The molecule has 3 rings (SSSR count). The van der Waals surface area contributed by atoms with Crippen LogP contribution in [0, 0.1) is 0 Å². The quantitative estimate of drug-likeness (QED) is 0.876. The number of aliphatic carboxylic acids is 1. The van der Waals surface area contributed by atoms with E-state index in [2.05, 4.69) is 5.10 Å². The van der Waals surface area contributed by atoms with Crippen LogP contribution in [0.15, 0.2) is 35.3 Å². The van der Waals surface area contributed by atoms with Crippen LogP contribution in [0.2, 0.25) is 5.02 Å². The summed E-state index contributed by atoms with van der Waals surface area (Å²) in [4.78, 5) is 25.3. The Balaban J connectivity index is 2.04. The van der Waals surface area contributed by atoms with Gasteiger partial charge in [-0.1, -0.05) is 17.7 Å². The van der Waals surface area contributed by atoms with Gasteiger partial charge in [0.25, 0.3) is 5.56 Å². The summed E-state index contributed by atoms with van der Waals surface area (Å²) in [6.45, 7) is 0.394. The molecule has 0 bridgehead atoms. The fourth-order valence-electron chi connectivity index (χ4n) is 2.93. The number of anilines is 1. The smallest absolute Gasteiger partial charge is 0.416 e. The minimum absolute atomic E-state index is 0.0884. The predicted octanol–water partition coefficient (Wildman–Crippen LogP) is 2.96. The molecular weight excluding hydrogens is 375 g/mol. The summed E-state index contributed by atoms with van der Waals surface area (Å²) in [6.07, 6.45) is -2.34. The lowest BCUT2D eigenvalue weighted by molar-refractivity contribution is -0.138. The maximum absolute atomic E-state index is 12.9. The number of rotatable bonds is 3. The van der Waals surface area contributed by atoms with Gasteiger partial charge >= 0.3 is 12.1 Å². The summed E-state index contributed by atoms with van der Waals surface area (Å²) in [6, 6.07) is 3.31. The molecule has 0 radical (unpaired) electrons. The van der Waals surface area contributed by atoms with Crippen molar-refractivity contribution in [2.75, 3.05) is 11.4 Å². The lowest BCUT2D eigenvalue weighted by atomic mass is 10.2. The van der Waals surface area contributed by atoms with E-state index in [1.54, 1.807) is 0 Å². The number of alkyl halides is 3. The van der Waals surface area contributed by atoms with E-state index in [4.69, 9.17) is 11.6 Å².